The zero-order valence-electron chi connectivity index (χ0n) is 15.2. The number of nitrogens with one attached hydrogen (secondary N) is 1. The Hall–Kier alpha value is -3.40. The predicted molar refractivity (Wildman–Crippen MR) is 109 cm³/mol. The molecule has 0 aliphatic heterocycles. The molecule has 27 heavy (non-hydrogen) atoms. The second kappa shape index (κ2) is 7.46. The Morgan fingerprint density at radius 2 is 1.78 bits per heavy atom. The van der Waals surface area contributed by atoms with E-state index in [9.17, 15) is 4.79 Å². The highest BCUT2D eigenvalue weighted by atomic mass is 16.1. The van der Waals surface area contributed by atoms with Gasteiger partial charge in [-0.1, -0.05) is 48.5 Å². The third kappa shape index (κ3) is 3.60. The van der Waals surface area contributed by atoms with Gasteiger partial charge in [0, 0.05) is 18.6 Å². The topological polar surface area (TPSA) is 46.9 Å². The summed E-state index contributed by atoms with van der Waals surface area (Å²) in [6.07, 6.45) is 6.03. The quantitative estimate of drug-likeness (QED) is 0.550. The molecule has 134 valence electrons. The molecule has 4 aromatic rings. The number of aryl methyl sites for hydroxylation is 1. The van der Waals surface area contributed by atoms with Crippen LogP contribution in [0.1, 0.15) is 23.6 Å². The van der Waals surface area contributed by atoms with Crippen LogP contribution < -0.4 is 5.32 Å². The summed E-state index contributed by atoms with van der Waals surface area (Å²) in [5, 5.41) is 5.30. The lowest BCUT2D eigenvalue weighted by Gasteiger charge is -2.21. The van der Waals surface area contributed by atoms with Crippen LogP contribution in [0.3, 0.4) is 0 Å². The minimum absolute atomic E-state index is 0.0524. The number of amides is 1. The third-order valence-corrected chi connectivity index (χ3v) is 4.82. The number of rotatable bonds is 5. The van der Waals surface area contributed by atoms with E-state index in [1.807, 2.05) is 55.7 Å². The molecule has 2 aromatic heterocycles. The van der Waals surface area contributed by atoms with Crippen molar-refractivity contribution in [3.8, 4) is 0 Å². The average molecular weight is 355 g/mol. The molecular weight excluding hydrogens is 334 g/mol. The molecule has 4 heteroatoms. The number of hydrogen-bond donors (Lipinski definition) is 1. The molecule has 4 nitrogen and oxygen atoms in total. The van der Waals surface area contributed by atoms with Gasteiger partial charge in [0.15, 0.2) is 0 Å². The molecule has 1 atom stereocenters. The van der Waals surface area contributed by atoms with Crippen LogP contribution >= 0.6 is 0 Å². The monoisotopic (exact) mass is 355 g/mol. The van der Waals surface area contributed by atoms with Gasteiger partial charge in [-0.25, -0.2) is 4.98 Å². The fraction of sp³-hybridized carbons (Fsp3) is 0.130. The van der Waals surface area contributed by atoms with Crippen molar-refractivity contribution in [2.24, 2.45) is 0 Å². The number of fused-ring (bicyclic) bond motifs is 1. The van der Waals surface area contributed by atoms with E-state index in [1.165, 1.54) is 10.8 Å². The fourth-order valence-electron chi connectivity index (χ4n) is 3.45. The number of carbonyl (C=O) groups is 1. The molecule has 1 unspecified atom stereocenters. The van der Waals surface area contributed by atoms with E-state index in [4.69, 9.17) is 0 Å². The Balaban J connectivity index is 1.68. The van der Waals surface area contributed by atoms with Gasteiger partial charge in [-0.2, -0.15) is 0 Å². The molecule has 0 bridgehead atoms. The molecule has 1 amide bonds. The third-order valence-electron chi connectivity index (χ3n) is 4.82. The van der Waals surface area contributed by atoms with Crippen LogP contribution in [0.5, 0.6) is 0 Å². The van der Waals surface area contributed by atoms with Crippen molar-refractivity contribution in [1.29, 1.82) is 0 Å². The number of nitrogens with zero attached hydrogens (tertiary/aromatic N) is 2. The summed E-state index contributed by atoms with van der Waals surface area (Å²) in [6, 6.07) is 22.2. The van der Waals surface area contributed by atoms with E-state index < -0.39 is 0 Å². The SMILES string of the molecule is Cc1cccnc1NC(=O)CC(c1cccc2ccccc12)n1cccc1. The maximum Gasteiger partial charge on any atom is 0.227 e. The van der Waals surface area contributed by atoms with Crippen LogP contribution in [0, 0.1) is 6.92 Å². The first-order valence-electron chi connectivity index (χ1n) is 9.04. The van der Waals surface area contributed by atoms with Gasteiger partial charge in [-0.15, -0.1) is 0 Å². The zero-order valence-corrected chi connectivity index (χ0v) is 15.2. The minimum atomic E-state index is -0.0879. The van der Waals surface area contributed by atoms with Crippen LogP contribution in [0.15, 0.2) is 85.3 Å². The van der Waals surface area contributed by atoms with Crippen molar-refractivity contribution in [1.82, 2.24) is 9.55 Å². The summed E-state index contributed by atoms with van der Waals surface area (Å²) in [5.74, 6) is 0.565. The first-order chi connectivity index (χ1) is 13.2. The summed E-state index contributed by atoms with van der Waals surface area (Å²) < 4.78 is 2.09. The van der Waals surface area contributed by atoms with E-state index in [-0.39, 0.29) is 11.9 Å². The highest BCUT2D eigenvalue weighted by Gasteiger charge is 2.20. The molecule has 4 rings (SSSR count). The molecule has 2 heterocycles. The highest BCUT2D eigenvalue weighted by Crippen LogP contribution is 2.30. The van der Waals surface area contributed by atoms with Crippen LogP contribution in [-0.4, -0.2) is 15.5 Å². The number of hydrogen-bond acceptors (Lipinski definition) is 2. The summed E-state index contributed by atoms with van der Waals surface area (Å²) in [4.78, 5) is 17.1. The Kier molecular flexibility index (Phi) is 4.71. The molecular formula is C23H21N3O. The maximum absolute atomic E-state index is 12.8. The summed E-state index contributed by atoms with van der Waals surface area (Å²) in [7, 11) is 0. The minimum Gasteiger partial charge on any atom is -0.346 e. The number of anilines is 1. The molecule has 0 aliphatic rings. The van der Waals surface area contributed by atoms with E-state index in [0.29, 0.717) is 12.2 Å². The fourth-order valence-corrected chi connectivity index (χ4v) is 3.45. The van der Waals surface area contributed by atoms with Gasteiger partial charge in [0.2, 0.25) is 5.91 Å². The lowest BCUT2D eigenvalue weighted by molar-refractivity contribution is -0.116. The van der Waals surface area contributed by atoms with E-state index >= 15 is 0 Å². The Morgan fingerprint density at radius 1 is 1.00 bits per heavy atom. The first-order valence-corrected chi connectivity index (χ1v) is 9.04. The van der Waals surface area contributed by atoms with E-state index in [2.05, 4.69) is 45.2 Å². The van der Waals surface area contributed by atoms with Crippen molar-refractivity contribution in [3.05, 3.63) is 96.4 Å². The van der Waals surface area contributed by atoms with E-state index in [0.717, 1.165) is 11.1 Å². The Morgan fingerprint density at radius 3 is 2.59 bits per heavy atom. The Bertz CT molecular complexity index is 1060. The van der Waals surface area contributed by atoms with Gasteiger partial charge in [0.1, 0.15) is 5.82 Å². The molecule has 0 aliphatic carbocycles. The van der Waals surface area contributed by atoms with Crippen molar-refractivity contribution in [2.45, 2.75) is 19.4 Å². The summed E-state index contributed by atoms with van der Waals surface area (Å²) >= 11 is 0. The average Bonchev–Trinajstić information content (AvgIpc) is 3.22. The molecule has 0 fully saturated rings. The smallest absolute Gasteiger partial charge is 0.227 e. The van der Waals surface area contributed by atoms with Crippen molar-refractivity contribution >= 4 is 22.5 Å². The van der Waals surface area contributed by atoms with Gasteiger partial charge in [-0.05, 0) is 47.0 Å². The number of pyridine rings is 1. The van der Waals surface area contributed by atoms with Gasteiger partial charge in [-0.3, -0.25) is 4.79 Å². The molecule has 0 saturated heterocycles. The van der Waals surface area contributed by atoms with Crippen molar-refractivity contribution in [3.63, 3.8) is 0 Å². The number of benzene rings is 2. The molecule has 1 N–H and O–H groups in total. The lowest BCUT2D eigenvalue weighted by atomic mass is 9.96. The highest BCUT2D eigenvalue weighted by molar-refractivity contribution is 5.92. The predicted octanol–water partition coefficient (Wildman–Crippen LogP) is 4.96. The van der Waals surface area contributed by atoms with Gasteiger partial charge < -0.3 is 9.88 Å². The van der Waals surface area contributed by atoms with Gasteiger partial charge in [0.05, 0.1) is 12.5 Å². The largest absolute Gasteiger partial charge is 0.346 e. The van der Waals surface area contributed by atoms with Crippen LogP contribution in [0.25, 0.3) is 10.8 Å². The maximum atomic E-state index is 12.8. The van der Waals surface area contributed by atoms with Gasteiger partial charge >= 0.3 is 0 Å². The number of aromatic nitrogens is 2. The van der Waals surface area contributed by atoms with E-state index in [1.54, 1.807) is 6.20 Å². The first kappa shape index (κ1) is 17.0. The zero-order chi connectivity index (χ0) is 18.6. The number of carbonyl (C=O) groups excluding carboxylic acids is 1. The molecule has 0 saturated carbocycles. The second-order valence-electron chi connectivity index (χ2n) is 6.64. The summed E-state index contributed by atoms with van der Waals surface area (Å²) in [6.45, 7) is 1.94. The van der Waals surface area contributed by atoms with Crippen LogP contribution in [0.2, 0.25) is 0 Å². The van der Waals surface area contributed by atoms with Crippen molar-refractivity contribution in [2.75, 3.05) is 5.32 Å². The Labute approximate surface area is 158 Å². The van der Waals surface area contributed by atoms with Crippen LogP contribution in [-0.2, 0) is 4.79 Å². The standard InChI is InChI=1S/C23H21N3O/c1-17-8-7-13-24-23(17)25-22(27)16-21(26-14-4-5-15-26)20-12-6-10-18-9-2-3-11-19(18)20/h2-15,21H,16H2,1H3,(H,24,25,27). The molecule has 0 radical (unpaired) electrons. The van der Waals surface area contributed by atoms with Crippen LogP contribution in [0.4, 0.5) is 5.82 Å². The molecule has 0 spiro atoms. The molecule has 2 aromatic carbocycles. The van der Waals surface area contributed by atoms with Gasteiger partial charge in [0.25, 0.3) is 0 Å². The normalized spacial score (nSPS) is 12.0. The second-order valence-corrected chi connectivity index (χ2v) is 6.64. The van der Waals surface area contributed by atoms with Crippen molar-refractivity contribution < 1.29 is 4.79 Å². The lowest BCUT2D eigenvalue weighted by Crippen LogP contribution is -2.20. The summed E-state index contributed by atoms with van der Waals surface area (Å²) in [5.41, 5.74) is 2.09.